The van der Waals surface area contributed by atoms with Gasteiger partial charge >= 0.3 is 0 Å². The predicted molar refractivity (Wildman–Crippen MR) is 89.4 cm³/mol. The van der Waals surface area contributed by atoms with Crippen LogP contribution in [0.1, 0.15) is 40.9 Å². The van der Waals surface area contributed by atoms with E-state index in [-0.39, 0.29) is 17.9 Å². The first kappa shape index (κ1) is 15.1. The fraction of sp³-hybridized carbons (Fsp3) is 0.300. The monoisotopic (exact) mass is 321 g/mol. The van der Waals surface area contributed by atoms with E-state index in [1.54, 1.807) is 6.07 Å². The van der Waals surface area contributed by atoms with Crippen molar-refractivity contribution in [1.82, 2.24) is 4.90 Å². The summed E-state index contributed by atoms with van der Waals surface area (Å²) in [4.78, 5) is 27.4. The van der Waals surface area contributed by atoms with Crippen LogP contribution in [0.15, 0.2) is 48.5 Å². The Morgan fingerprint density at radius 2 is 1.67 bits per heavy atom. The van der Waals surface area contributed by atoms with E-state index in [1.807, 2.05) is 56.3 Å². The number of hydrogen-bond donors (Lipinski definition) is 0. The van der Waals surface area contributed by atoms with Crippen LogP contribution in [0.2, 0.25) is 0 Å². The van der Waals surface area contributed by atoms with E-state index < -0.39 is 5.60 Å². The molecule has 2 aliphatic heterocycles. The zero-order chi connectivity index (χ0) is 16.9. The summed E-state index contributed by atoms with van der Waals surface area (Å²) in [6, 6.07) is 15.1. The van der Waals surface area contributed by atoms with Crippen molar-refractivity contribution >= 4 is 11.8 Å². The highest BCUT2D eigenvalue weighted by Gasteiger charge is 2.53. The first-order valence-corrected chi connectivity index (χ1v) is 8.23. The first-order valence-electron chi connectivity index (χ1n) is 8.23. The molecule has 4 rings (SSSR count). The van der Waals surface area contributed by atoms with E-state index >= 15 is 0 Å². The Morgan fingerprint density at radius 1 is 1.00 bits per heavy atom. The SMILES string of the molecule is CC(C)N1C(=O)c2ccccc2C2(Cc3ccccc3CO2)C1=O. The van der Waals surface area contributed by atoms with Gasteiger partial charge in [0.25, 0.3) is 11.8 Å². The molecule has 4 heteroatoms. The molecule has 24 heavy (non-hydrogen) atoms. The quantitative estimate of drug-likeness (QED) is 0.759. The van der Waals surface area contributed by atoms with Crippen LogP contribution in [0.5, 0.6) is 0 Å². The molecule has 0 bridgehead atoms. The van der Waals surface area contributed by atoms with Crippen LogP contribution in [0.4, 0.5) is 0 Å². The van der Waals surface area contributed by atoms with E-state index in [1.165, 1.54) is 4.90 Å². The molecule has 0 saturated heterocycles. The molecule has 122 valence electrons. The Kier molecular flexibility index (Phi) is 3.32. The molecule has 1 spiro atoms. The molecule has 2 aromatic carbocycles. The highest BCUT2D eigenvalue weighted by atomic mass is 16.5. The lowest BCUT2D eigenvalue weighted by atomic mass is 9.77. The topological polar surface area (TPSA) is 46.6 Å². The number of imide groups is 1. The fourth-order valence-corrected chi connectivity index (χ4v) is 3.72. The largest absolute Gasteiger partial charge is 0.355 e. The van der Waals surface area contributed by atoms with Crippen molar-refractivity contribution in [2.75, 3.05) is 0 Å². The van der Waals surface area contributed by atoms with Gasteiger partial charge in [0.1, 0.15) is 0 Å². The van der Waals surface area contributed by atoms with Crippen LogP contribution < -0.4 is 0 Å². The number of hydrogen-bond acceptors (Lipinski definition) is 3. The van der Waals surface area contributed by atoms with Crippen molar-refractivity contribution in [3.8, 4) is 0 Å². The molecule has 1 atom stereocenters. The molecule has 0 aliphatic carbocycles. The normalized spacial score (nSPS) is 22.7. The summed E-state index contributed by atoms with van der Waals surface area (Å²) in [5.41, 5.74) is 2.34. The Labute approximate surface area is 141 Å². The van der Waals surface area contributed by atoms with E-state index in [2.05, 4.69) is 0 Å². The van der Waals surface area contributed by atoms with Gasteiger partial charge in [-0.15, -0.1) is 0 Å². The van der Waals surface area contributed by atoms with Crippen molar-refractivity contribution < 1.29 is 14.3 Å². The summed E-state index contributed by atoms with van der Waals surface area (Å²) < 4.78 is 6.16. The Hall–Kier alpha value is -2.46. The number of nitrogens with zero attached hydrogens (tertiary/aromatic N) is 1. The smallest absolute Gasteiger partial charge is 0.266 e. The third kappa shape index (κ3) is 1.96. The van der Waals surface area contributed by atoms with Gasteiger partial charge in [-0.2, -0.15) is 0 Å². The molecule has 0 radical (unpaired) electrons. The van der Waals surface area contributed by atoms with Gasteiger partial charge in [0.05, 0.1) is 6.61 Å². The van der Waals surface area contributed by atoms with E-state index in [0.717, 1.165) is 11.1 Å². The average Bonchev–Trinajstić information content (AvgIpc) is 2.60. The van der Waals surface area contributed by atoms with Crippen LogP contribution in [0.3, 0.4) is 0 Å². The number of ether oxygens (including phenoxy) is 1. The second kappa shape index (κ2) is 5.28. The van der Waals surface area contributed by atoms with E-state index in [9.17, 15) is 9.59 Å². The molecule has 1 unspecified atom stereocenters. The van der Waals surface area contributed by atoms with Crippen LogP contribution in [-0.2, 0) is 28.2 Å². The Morgan fingerprint density at radius 3 is 2.42 bits per heavy atom. The van der Waals surface area contributed by atoms with Crippen molar-refractivity contribution in [2.24, 2.45) is 0 Å². The highest BCUT2D eigenvalue weighted by Crippen LogP contribution is 2.43. The third-order valence-electron chi connectivity index (χ3n) is 4.92. The van der Waals surface area contributed by atoms with Crippen molar-refractivity contribution in [3.63, 3.8) is 0 Å². The number of fused-ring (bicyclic) bond motifs is 3. The fourth-order valence-electron chi connectivity index (χ4n) is 3.72. The van der Waals surface area contributed by atoms with Gasteiger partial charge in [-0.3, -0.25) is 14.5 Å². The molecule has 2 heterocycles. The molecule has 0 saturated carbocycles. The van der Waals surface area contributed by atoms with Crippen LogP contribution >= 0.6 is 0 Å². The van der Waals surface area contributed by atoms with Gasteiger partial charge < -0.3 is 4.74 Å². The molecule has 0 fully saturated rings. The van der Waals surface area contributed by atoms with Crippen LogP contribution in [-0.4, -0.2) is 22.8 Å². The van der Waals surface area contributed by atoms with Crippen molar-refractivity contribution in [3.05, 3.63) is 70.8 Å². The summed E-state index contributed by atoms with van der Waals surface area (Å²) in [7, 11) is 0. The summed E-state index contributed by atoms with van der Waals surface area (Å²) in [5, 5.41) is 0. The zero-order valence-electron chi connectivity index (χ0n) is 13.8. The van der Waals surface area contributed by atoms with Gasteiger partial charge in [0, 0.05) is 23.6 Å². The first-order chi connectivity index (χ1) is 11.5. The highest BCUT2D eigenvalue weighted by molar-refractivity contribution is 6.13. The minimum atomic E-state index is -1.11. The Bertz CT molecular complexity index is 842. The van der Waals surface area contributed by atoms with Crippen LogP contribution in [0.25, 0.3) is 0 Å². The summed E-state index contributed by atoms with van der Waals surface area (Å²) in [6.07, 6.45) is 0.454. The maximum absolute atomic E-state index is 13.3. The summed E-state index contributed by atoms with van der Waals surface area (Å²) >= 11 is 0. The maximum Gasteiger partial charge on any atom is 0.266 e. The van der Waals surface area contributed by atoms with Gasteiger partial charge in [-0.1, -0.05) is 42.5 Å². The van der Waals surface area contributed by atoms with Crippen molar-refractivity contribution in [1.29, 1.82) is 0 Å². The lowest BCUT2D eigenvalue weighted by Crippen LogP contribution is -2.59. The van der Waals surface area contributed by atoms with Gasteiger partial charge in [-0.25, -0.2) is 0 Å². The predicted octanol–water partition coefficient (Wildman–Crippen LogP) is 3.05. The lowest BCUT2D eigenvalue weighted by molar-refractivity contribution is -0.165. The summed E-state index contributed by atoms with van der Waals surface area (Å²) in [6.45, 7) is 4.08. The lowest BCUT2D eigenvalue weighted by Gasteiger charge is -2.45. The maximum atomic E-state index is 13.3. The zero-order valence-corrected chi connectivity index (χ0v) is 13.8. The number of benzene rings is 2. The van der Waals surface area contributed by atoms with Gasteiger partial charge in [-0.05, 0) is 31.0 Å². The number of carbonyl (C=O) groups is 2. The van der Waals surface area contributed by atoms with E-state index in [4.69, 9.17) is 4.74 Å². The molecule has 2 aliphatic rings. The second-order valence-corrected chi connectivity index (χ2v) is 6.68. The number of rotatable bonds is 1. The standard InChI is InChI=1S/C20H19NO3/c1-13(2)21-18(22)16-9-5-6-10-17(16)20(19(21)23)11-14-7-3-4-8-15(14)12-24-20/h3-10,13H,11-12H2,1-2H3. The third-order valence-corrected chi connectivity index (χ3v) is 4.92. The minimum Gasteiger partial charge on any atom is -0.355 e. The molecule has 2 amide bonds. The minimum absolute atomic E-state index is 0.212. The van der Waals surface area contributed by atoms with Crippen LogP contribution in [0, 0.1) is 0 Å². The molecule has 2 aromatic rings. The molecular weight excluding hydrogens is 302 g/mol. The molecule has 4 nitrogen and oxygen atoms in total. The number of amides is 2. The molecule has 0 N–H and O–H groups in total. The average molecular weight is 321 g/mol. The molecular formula is C20H19NO3. The van der Waals surface area contributed by atoms with E-state index in [0.29, 0.717) is 24.2 Å². The Balaban J connectivity index is 1.93. The van der Waals surface area contributed by atoms with Gasteiger partial charge in [0.15, 0.2) is 5.60 Å². The second-order valence-electron chi connectivity index (χ2n) is 6.68. The molecule has 0 aromatic heterocycles. The number of carbonyl (C=O) groups excluding carboxylic acids is 2. The van der Waals surface area contributed by atoms with Crippen molar-refractivity contribution in [2.45, 2.75) is 38.5 Å². The summed E-state index contributed by atoms with van der Waals surface area (Å²) in [5.74, 6) is -0.491. The van der Waals surface area contributed by atoms with Gasteiger partial charge in [0.2, 0.25) is 0 Å².